The Kier molecular flexibility index (Phi) is 12.6. The largest absolute Gasteiger partial charge is 0.480 e. The van der Waals surface area contributed by atoms with E-state index in [4.69, 9.17) is 5.11 Å². The third-order valence-corrected chi connectivity index (χ3v) is 5.68. The highest BCUT2D eigenvalue weighted by Crippen LogP contribution is 2.19. The number of carboxylic acids is 1. The average Bonchev–Trinajstić information content (AvgIpc) is 3.05. The van der Waals surface area contributed by atoms with E-state index in [1.165, 1.54) is 17.4 Å². The van der Waals surface area contributed by atoms with Crippen molar-refractivity contribution in [3.05, 3.63) is 47.1 Å². The van der Waals surface area contributed by atoms with E-state index in [9.17, 15) is 24.6 Å². The van der Waals surface area contributed by atoms with Crippen LogP contribution in [0.1, 0.15) is 66.2 Å². The van der Waals surface area contributed by atoms with Crippen molar-refractivity contribution >= 4 is 17.7 Å². The smallest absolute Gasteiger partial charge is 0.323 e. The Hall–Kier alpha value is -2.51. The van der Waals surface area contributed by atoms with Crippen LogP contribution < -0.4 is 0 Å². The molecule has 0 aromatic rings. The monoisotopic (exact) mass is 461 g/mol. The van der Waals surface area contributed by atoms with Crippen LogP contribution in [-0.2, 0) is 14.4 Å². The van der Waals surface area contributed by atoms with Crippen molar-refractivity contribution in [3.63, 3.8) is 0 Å². The average molecular weight is 462 g/mol. The first-order valence-corrected chi connectivity index (χ1v) is 11.6. The number of carbonyl (C=O) groups excluding carboxylic acids is 2. The lowest BCUT2D eigenvalue weighted by molar-refractivity contribution is -0.142. The fourth-order valence-corrected chi connectivity index (χ4v) is 3.65. The van der Waals surface area contributed by atoms with Gasteiger partial charge >= 0.3 is 5.97 Å². The highest BCUT2D eigenvalue weighted by molar-refractivity contribution is 5.93. The number of hydrogen-bond acceptors (Lipinski definition) is 5. The number of carbonyl (C=O) groups is 3. The molecule has 0 bridgehead atoms. The maximum atomic E-state index is 11.8. The SMILES string of the molecule is CC(=O)C(O)C(O)C/C(C)=C\CCC(C)/C=C/C=C(\C)CCCC1=CC(=O)N(CC(=O)O)C1. The molecule has 1 aliphatic rings. The van der Waals surface area contributed by atoms with Crippen molar-refractivity contribution in [2.24, 2.45) is 5.92 Å². The summed E-state index contributed by atoms with van der Waals surface area (Å²) in [5.41, 5.74) is 3.20. The number of hydrogen-bond donors (Lipinski definition) is 3. The Balaban J connectivity index is 2.30. The van der Waals surface area contributed by atoms with Gasteiger partial charge in [-0.05, 0) is 70.8 Å². The standard InChI is InChI=1S/C26H39NO6/c1-18(10-6-12-20(3)14-23(29)26(33)21(4)28)8-5-9-19(2)11-7-13-22-15-24(30)27(16-22)17-25(31)32/h5,8-9,12,15,18,23,26,29,33H,6-7,10-11,13-14,16-17H2,1-4H3,(H,31,32)/b8-5+,19-9+,20-12-. The van der Waals surface area contributed by atoms with Gasteiger partial charge in [0, 0.05) is 12.6 Å². The number of aliphatic hydroxyl groups excluding tert-OH is 2. The number of nitrogens with zero attached hydrogens (tertiary/aromatic N) is 1. The summed E-state index contributed by atoms with van der Waals surface area (Å²) in [7, 11) is 0. The topological polar surface area (TPSA) is 115 Å². The lowest BCUT2D eigenvalue weighted by atomic mass is 9.99. The minimum atomic E-state index is -1.32. The fraction of sp³-hybridized carbons (Fsp3) is 0.577. The second-order valence-corrected chi connectivity index (χ2v) is 9.07. The lowest BCUT2D eigenvalue weighted by Gasteiger charge is -2.15. The Morgan fingerprint density at radius 3 is 2.52 bits per heavy atom. The number of amides is 1. The zero-order valence-electron chi connectivity index (χ0n) is 20.3. The summed E-state index contributed by atoms with van der Waals surface area (Å²) in [6.07, 6.45) is 12.3. The van der Waals surface area contributed by atoms with Gasteiger partial charge in [0.25, 0.3) is 0 Å². The van der Waals surface area contributed by atoms with Crippen LogP contribution in [0.4, 0.5) is 0 Å². The molecule has 7 nitrogen and oxygen atoms in total. The molecule has 3 N–H and O–H groups in total. The summed E-state index contributed by atoms with van der Waals surface area (Å²) >= 11 is 0. The van der Waals surface area contributed by atoms with Crippen molar-refractivity contribution in [3.8, 4) is 0 Å². The van der Waals surface area contributed by atoms with Crippen molar-refractivity contribution in [1.82, 2.24) is 4.90 Å². The van der Waals surface area contributed by atoms with Crippen molar-refractivity contribution < 1.29 is 29.7 Å². The van der Waals surface area contributed by atoms with E-state index in [0.717, 1.165) is 43.3 Å². The molecule has 184 valence electrons. The molecule has 7 heteroatoms. The van der Waals surface area contributed by atoms with Gasteiger partial charge in [0.1, 0.15) is 12.6 Å². The summed E-state index contributed by atoms with van der Waals surface area (Å²) in [5.74, 6) is -1.25. The fourth-order valence-electron chi connectivity index (χ4n) is 3.65. The first-order valence-electron chi connectivity index (χ1n) is 11.6. The van der Waals surface area contributed by atoms with Gasteiger partial charge in [-0.2, -0.15) is 0 Å². The van der Waals surface area contributed by atoms with E-state index in [1.54, 1.807) is 6.08 Å². The van der Waals surface area contributed by atoms with Crippen molar-refractivity contribution in [1.29, 1.82) is 0 Å². The number of rotatable bonds is 15. The molecule has 3 atom stereocenters. The van der Waals surface area contributed by atoms with Gasteiger partial charge in [-0.3, -0.25) is 14.4 Å². The van der Waals surface area contributed by atoms with E-state index in [-0.39, 0.29) is 18.9 Å². The van der Waals surface area contributed by atoms with Gasteiger partial charge < -0.3 is 20.2 Å². The summed E-state index contributed by atoms with van der Waals surface area (Å²) in [4.78, 5) is 35.0. The minimum absolute atomic E-state index is 0.216. The molecule has 0 fully saturated rings. The molecule has 0 aromatic carbocycles. The number of aliphatic carboxylic acids is 1. The second-order valence-electron chi connectivity index (χ2n) is 9.07. The van der Waals surface area contributed by atoms with Gasteiger partial charge in [-0.15, -0.1) is 0 Å². The molecular formula is C26H39NO6. The Bertz CT molecular complexity index is 808. The normalized spacial score (nSPS) is 17.9. The minimum Gasteiger partial charge on any atom is -0.480 e. The molecule has 1 heterocycles. The first-order chi connectivity index (χ1) is 15.5. The number of ketones is 1. The molecule has 1 rings (SSSR count). The van der Waals surface area contributed by atoms with Gasteiger partial charge in [-0.25, -0.2) is 0 Å². The zero-order chi connectivity index (χ0) is 25.0. The molecule has 3 unspecified atom stereocenters. The molecule has 1 amide bonds. The summed E-state index contributed by atoms with van der Waals surface area (Å²) < 4.78 is 0. The van der Waals surface area contributed by atoms with E-state index in [1.807, 2.05) is 13.0 Å². The van der Waals surface area contributed by atoms with E-state index in [0.29, 0.717) is 12.5 Å². The van der Waals surface area contributed by atoms with Gasteiger partial charge in [0.2, 0.25) is 5.91 Å². The van der Waals surface area contributed by atoms with E-state index in [2.05, 4.69) is 32.1 Å². The van der Waals surface area contributed by atoms with Crippen molar-refractivity contribution in [2.45, 2.75) is 78.4 Å². The molecule has 0 saturated carbocycles. The van der Waals surface area contributed by atoms with Crippen LogP contribution in [0.2, 0.25) is 0 Å². The molecule has 0 aliphatic carbocycles. The van der Waals surface area contributed by atoms with Crippen LogP contribution in [0, 0.1) is 5.92 Å². The van der Waals surface area contributed by atoms with E-state index < -0.39 is 24.0 Å². The number of Topliss-reactive ketones (excluding diaryl/α,β-unsaturated/α-hetero) is 1. The lowest BCUT2D eigenvalue weighted by Crippen LogP contribution is -2.32. The van der Waals surface area contributed by atoms with Gasteiger partial charge in [0.15, 0.2) is 5.78 Å². The van der Waals surface area contributed by atoms with Crippen LogP contribution in [-0.4, -0.2) is 63.2 Å². The Morgan fingerprint density at radius 1 is 1.18 bits per heavy atom. The predicted octanol–water partition coefficient (Wildman–Crippen LogP) is 3.58. The van der Waals surface area contributed by atoms with Crippen LogP contribution >= 0.6 is 0 Å². The van der Waals surface area contributed by atoms with Crippen LogP contribution in [0.25, 0.3) is 0 Å². The number of carboxylic acid groups (broad SMARTS) is 1. The Morgan fingerprint density at radius 2 is 1.88 bits per heavy atom. The molecule has 0 aromatic heterocycles. The molecule has 1 aliphatic heterocycles. The highest BCUT2D eigenvalue weighted by Gasteiger charge is 2.23. The maximum absolute atomic E-state index is 11.8. The predicted molar refractivity (Wildman–Crippen MR) is 129 cm³/mol. The quantitative estimate of drug-likeness (QED) is 0.254. The molecular weight excluding hydrogens is 422 g/mol. The second kappa shape index (κ2) is 14.6. The van der Waals surface area contributed by atoms with Crippen molar-refractivity contribution in [2.75, 3.05) is 13.1 Å². The third-order valence-electron chi connectivity index (χ3n) is 5.68. The summed E-state index contributed by atoms with van der Waals surface area (Å²) in [5, 5.41) is 28.2. The molecule has 33 heavy (non-hydrogen) atoms. The summed E-state index contributed by atoms with van der Waals surface area (Å²) in [6, 6.07) is 0. The third kappa shape index (κ3) is 11.8. The maximum Gasteiger partial charge on any atom is 0.323 e. The van der Waals surface area contributed by atoms with Crippen LogP contribution in [0.15, 0.2) is 47.1 Å². The number of aliphatic hydroxyl groups is 2. The van der Waals surface area contributed by atoms with Gasteiger partial charge in [0.05, 0.1) is 6.10 Å². The number of allylic oxidation sites excluding steroid dienone is 5. The highest BCUT2D eigenvalue weighted by atomic mass is 16.4. The Labute approximate surface area is 197 Å². The first kappa shape index (κ1) is 28.5. The molecule has 0 spiro atoms. The zero-order valence-corrected chi connectivity index (χ0v) is 20.3. The van der Waals surface area contributed by atoms with Crippen LogP contribution in [0.5, 0.6) is 0 Å². The molecule has 0 saturated heterocycles. The van der Waals surface area contributed by atoms with E-state index >= 15 is 0 Å². The van der Waals surface area contributed by atoms with Crippen LogP contribution in [0.3, 0.4) is 0 Å². The van der Waals surface area contributed by atoms with Gasteiger partial charge in [-0.1, -0.05) is 42.4 Å². The molecule has 0 radical (unpaired) electrons. The summed E-state index contributed by atoms with van der Waals surface area (Å²) in [6.45, 7) is 7.54.